The summed E-state index contributed by atoms with van der Waals surface area (Å²) in [5, 5.41) is 0. The van der Waals surface area contributed by atoms with Crippen LogP contribution in [0.25, 0.3) is 0 Å². The molecule has 2 rings (SSSR count). The number of primary amides is 2. The fourth-order valence-electron chi connectivity index (χ4n) is 1.77. The second-order valence-electron chi connectivity index (χ2n) is 4.28. The van der Waals surface area contributed by atoms with Crippen molar-refractivity contribution in [3.63, 3.8) is 0 Å². The van der Waals surface area contributed by atoms with E-state index in [1.54, 1.807) is 6.20 Å². The number of hydrogen-bond donors (Lipinski definition) is 2. The smallest absolute Gasteiger partial charge is 0.232 e. The van der Waals surface area contributed by atoms with Gasteiger partial charge in [0.15, 0.2) is 0 Å². The molecule has 7 heteroatoms. The fourth-order valence-corrected chi connectivity index (χ4v) is 1.77. The maximum Gasteiger partial charge on any atom is 0.232 e. The van der Waals surface area contributed by atoms with Gasteiger partial charge in [0.1, 0.15) is 12.0 Å². The number of ether oxygens (including phenoxy) is 1. The lowest BCUT2D eigenvalue weighted by Crippen LogP contribution is -2.19. The predicted molar refractivity (Wildman–Crippen MR) is 100.0 cm³/mol. The summed E-state index contributed by atoms with van der Waals surface area (Å²) < 4.78 is 5.74. The van der Waals surface area contributed by atoms with Gasteiger partial charge in [-0.25, -0.2) is 4.98 Å². The van der Waals surface area contributed by atoms with E-state index in [9.17, 15) is 4.79 Å². The molecule has 1 saturated carbocycles. The minimum absolute atomic E-state index is 0. The molecule has 0 saturated heterocycles. The number of carbonyl (C=O) groups is 2. The number of aromatic nitrogens is 1. The molecule has 0 radical (unpaired) electrons. The highest BCUT2D eigenvalue weighted by atomic mass is 35.5. The molecule has 1 aromatic rings. The molecular formula is C17H32ClN3O3. The van der Waals surface area contributed by atoms with Gasteiger partial charge in [0, 0.05) is 12.3 Å². The highest BCUT2D eigenvalue weighted by Gasteiger charge is 2.14. The Morgan fingerprint density at radius 2 is 1.83 bits per heavy atom. The lowest BCUT2D eigenvalue weighted by molar-refractivity contribution is -0.115. The van der Waals surface area contributed by atoms with Gasteiger partial charge in [-0.3, -0.25) is 9.59 Å². The second kappa shape index (κ2) is 21.2. The van der Waals surface area contributed by atoms with Crippen molar-refractivity contribution in [2.45, 2.75) is 59.5 Å². The van der Waals surface area contributed by atoms with Crippen molar-refractivity contribution in [3.8, 4) is 5.88 Å². The number of nitrogens with two attached hydrogens (primary N) is 2. The van der Waals surface area contributed by atoms with Crippen molar-refractivity contribution >= 4 is 23.9 Å². The van der Waals surface area contributed by atoms with Gasteiger partial charge in [0.05, 0.1) is 0 Å². The summed E-state index contributed by atoms with van der Waals surface area (Å²) in [6.45, 7) is 4.00. The maximum absolute atomic E-state index is 9.46. The van der Waals surface area contributed by atoms with Gasteiger partial charge in [0.2, 0.25) is 18.2 Å². The Morgan fingerprint density at radius 1 is 1.33 bits per heavy atom. The van der Waals surface area contributed by atoms with Crippen LogP contribution >= 0.6 is 11.6 Å². The third-order valence-electron chi connectivity index (χ3n) is 2.61. The van der Waals surface area contributed by atoms with E-state index < -0.39 is 5.91 Å². The molecule has 6 nitrogen and oxygen atoms in total. The van der Waals surface area contributed by atoms with E-state index >= 15 is 0 Å². The van der Waals surface area contributed by atoms with Crippen LogP contribution in [0.15, 0.2) is 24.4 Å². The summed E-state index contributed by atoms with van der Waals surface area (Å²) in [7, 11) is 0. The number of nitrogens with zero attached hydrogens (tertiary/aromatic N) is 1. The Hall–Kier alpha value is -1.82. The molecule has 1 heterocycles. The normalized spacial score (nSPS) is 12.3. The molecular weight excluding hydrogens is 330 g/mol. The fraction of sp³-hybridized carbons (Fsp3) is 0.588. The monoisotopic (exact) mass is 361 g/mol. The summed E-state index contributed by atoms with van der Waals surface area (Å²) in [6, 6.07) is 5.80. The second-order valence-corrected chi connectivity index (χ2v) is 4.55. The van der Waals surface area contributed by atoms with E-state index in [1.807, 2.05) is 32.0 Å². The standard InChI is InChI=1S/C11H15NO.C2H4ClNO.C2H6.CH3NO.CH4/c1-2-6-10(7-3-1)13-11-8-4-5-9-12-11;3-1-2(4)5;1-2;2-1-3;/h4-5,8-10H,1-3,6-7H2;1H2,(H2,4,5);1-2H3;1H,(H2,2,3);1H4. The Balaban J connectivity index is -0.000000341. The van der Waals surface area contributed by atoms with Crippen LogP contribution in [-0.2, 0) is 9.59 Å². The lowest BCUT2D eigenvalue weighted by Gasteiger charge is -2.22. The number of pyridine rings is 1. The Labute approximate surface area is 150 Å². The molecule has 4 N–H and O–H groups in total. The molecule has 140 valence electrons. The number of alkyl halides is 1. The molecule has 0 aliphatic heterocycles. The number of rotatable bonds is 3. The highest BCUT2D eigenvalue weighted by Crippen LogP contribution is 2.21. The van der Waals surface area contributed by atoms with Crippen LogP contribution in [0.5, 0.6) is 5.88 Å². The van der Waals surface area contributed by atoms with E-state index in [0.29, 0.717) is 6.10 Å². The first-order chi connectivity index (χ1) is 11.1. The maximum atomic E-state index is 9.46. The van der Waals surface area contributed by atoms with Crippen LogP contribution in [0.4, 0.5) is 0 Å². The molecule has 2 amide bonds. The highest BCUT2D eigenvalue weighted by molar-refractivity contribution is 6.27. The van der Waals surface area contributed by atoms with Gasteiger partial charge in [-0.05, 0) is 31.7 Å². The number of hydrogen-bond acceptors (Lipinski definition) is 4. The van der Waals surface area contributed by atoms with E-state index in [2.05, 4.69) is 16.5 Å². The minimum Gasteiger partial charge on any atom is -0.474 e. The zero-order chi connectivity index (χ0) is 17.9. The Kier molecular flexibility index (Phi) is 23.9. The average Bonchev–Trinajstić information content (AvgIpc) is 2.60. The first-order valence-corrected chi connectivity index (χ1v) is 8.24. The molecule has 1 aliphatic rings. The van der Waals surface area contributed by atoms with Crippen LogP contribution in [0.1, 0.15) is 53.4 Å². The summed E-state index contributed by atoms with van der Waals surface area (Å²) >= 11 is 4.86. The molecule has 1 fully saturated rings. The summed E-state index contributed by atoms with van der Waals surface area (Å²) in [5.74, 6) is 0.209. The Bertz CT molecular complexity index is 386. The molecule has 1 aromatic heterocycles. The van der Waals surface area contributed by atoms with E-state index in [0.717, 1.165) is 5.88 Å². The van der Waals surface area contributed by atoms with Gasteiger partial charge < -0.3 is 16.2 Å². The quantitative estimate of drug-likeness (QED) is 0.636. The van der Waals surface area contributed by atoms with Crippen LogP contribution in [-0.4, -0.2) is 29.3 Å². The van der Waals surface area contributed by atoms with Crippen LogP contribution in [0, 0.1) is 0 Å². The van der Waals surface area contributed by atoms with E-state index in [-0.39, 0.29) is 19.7 Å². The van der Waals surface area contributed by atoms with E-state index in [1.165, 1.54) is 32.1 Å². The summed E-state index contributed by atoms with van der Waals surface area (Å²) in [4.78, 5) is 22.2. The van der Waals surface area contributed by atoms with Crippen LogP contribution in [0.2, 0.25) is 0 Å². The third kappa shape index (κ3) is 18.2. The van der Waals surface area contributed by atoms with Gasteiger partial charge in [0.25, 0.3) is 0 Å². The molecule has 0 unspecified atom stereocenters. The number of carbonyl (C=O) groups excluding carboxylic acids is 2. The first kappa shape index (κ1) is 27.0. The summed E-state index contributed by atoms with van der Waals surface area (Å²) in [5.41, 5.74) is 8.69. The molecule has 0 aromatic carbocycles. The number of amides is 2. The van der Waals surface area contributed by atoms with Gasteiger partial charge in [-0.2, -0.15) is 0 Å². The zero-order valence-electron chi connectivity index (χ0n) is 13.9. The van der Waals surface area contributed by atoms with Crippen molar-refractivity contribution in [1.82, 2.24) is 4.98 Å². The third-order valence-corrected chi connectivity index (χ3v) is 2.87. The molecule has 0 bridgehead atoms. The lowest BCUT2D eigenvalue weighted by atomic mass is 9.98. The largest absolute Gasteiger partial charge is 0.474 e. The minimum atomic E-state index is -0.480. The predicted octanol–water partition coefficient (Wildman–Crippen LogP) is 3.27. The number of halogens is 1. The van der Waals surface area contributed by atoms with Gasteiger partial charge in [-0.15, -0.1) is 11.6 Å². The molecule has 1 aliphatic carbocycles. The average molecular weight is 362 g/mol. The SMILES string of the molecule is C.CC.NC(=O)CCl.NC=O.c1ccc(OC2CCCCC2)nc1. The van der Waals surface area contributed by atoms with Crippen LogP contribution < -0.4 is 16.2 Å². The van der Waals surface area contributed by atoms with Crippen molar-refractivity contribution in [2.75, 3.05) is 5.88 Å². The van der Waals surface area contributed by atoms with Gasteiger partial charge >= 0.3 is 0 Å². The topological polar surface area (TPSA) is 108 Å². The Morgan fingerprint density at radius 3 is 2.21 bits per heavy atom. The van der Waals surface area contributed by atoms with Crippen LogP contribution in [0.3, 0.4) is 0 Å². The van der Waals surface area contributed by atoms with Crippen molar-refractivity contribution in [1.29, 1.82) is 0 Å². The van der Waals surface area contributed by atoms with Crippen molar-refractivity contribution in [2.24, 2.45) is 11.5 Å². The van der Waals surface area contributed by atoms with Crippen molar-refractivity contribution < 1.29 is 14.3 Å². The molecule has 24 heavy (non-hydrogen) atoms. The van der Waals surface area contributed by atoms with E-state index in [4.69, 9.17) is 21.1 Å². The first-order valence-electron chi connectivity index (χ1n) is 7.71. The van der Waals surface area contributed by atoms with Gasteiger partial charge in [-0.1, -0.05) is 33.8 Å². The van der Waals surface area contributed by atoms with Crippen molar-refractivity contribution in [3.05, 3.63) is 24.4 Å². The zero-order valence-corrected chi connectivity index (χ0v) is 14.7. The summed E-state index contributed by atoms with van der Waals surface area (Å²) in [6.07, 6.45) is 8.78. The molecule has 0 atom stereocenters. The molecule has 0 spiro atoms.